The summed E-state index contributed by atoms with van der Waals surface area (Å²) in [6.45, 7) is 0.128. The highest BCUT2D eigenvalue weighted by Crippen LogP contribution is 2.23. The van der Waals surface area contributed by atoms with Crippen molar-refractivity contribution in [2.45, 2.75) is 19.0 Å². The number of aromatic nitrogens is 1. The number of rotatable bonds is 2. The Balaban J connectivity index is 1.95. The fourth-order valence-corrected chi connectivity index (χ4v) is 2.58. The minimum absolute atomic E-state index is 0.128. The number of fused-ring (bicyclic) bond motifs is 1. The molecule has 0 spiro atoms. The van der Waals surface area contributed by atoms with Gasteiger partial charge in [0.1, 0.15) is 11.9 Å². The van der Waals surface area contributed by atoms with Gasteiger partial charge >= 0.3 is 5.97 Å². The van der Waals surface area contributed by atoms with Crippen molar-refractivity contribution in [3.05, 3.63) is 65.2 Å². The smallest absolute Gasteiger partial charge is 0.326 e. The molecule has 3 rings (SSSR count). The number of hydrogen-bond acceptors (Lipinski definition) is 3. The molecule has 0 fully saturated rings. The van der Waals surface area contributed by atoms with E-state index in [0.717, 1.165) is 5.56 Å². The van der Waals surface area contributed by atoms with Gasteiger partial charge < -0.3 is 10.0 Å². The molecule has 1 amide bonds. The molecule has 1 aromatic heterocycles. The van der Waals surface area contributed by atoms with Gasteiger partial charge in [-0.25, -0.2) is 9.18 Å². The third-order valence-corrected chi connectivity index (χ3v) is 3.73. The second-order valence-corrected chi connectivity index (χ2v) is 5.11. The molecule has 112 valence electrons. The summed E-state index contributed by atoms with van der Waals surface area (Å²) in [4.78, 5) is 29.5. The van der Waals surface area contributed by atoms with Crippen molar-refractivity contribution in [3.63, 3.8) is 0 Å². The average Bonchev–Trinajstić information content (AvgIpc) is 2.53. The molecule has 2 heterocycles. The molecule has 1 atom stereocenters. The summed E-state index contributed by atoms with van der Waals surface area (Å²) >= 11 is 0. The van der Waals surface area contributed by atoms with E-state index in [2.05, 4.69) is 4.98 Å². The molecular weight excluding hydrogens is 287 g/mol. The second kappa shape index (κ2) is 5.55. The van der Waals surface area contributed by atoms with Gasteiger partial charge in [0, 0.05) is 18.2 Å². The van der Waals surface area contributed by atoms with E-state index in [1.165, 1.54) is 29.2 Å². The molecular formula is C16H13FN2O3. The Hall–Kier alpha value is -2.76. The Labute approximate surface area is 126 Å². The topological polar surface area (TPSA) is 70.5 Å². The number of carbonyl (C=O) groups is 2. The predicted octanol–water partition coefficient (Wildman–Crippen LogP) is 1.87. The highest BCUT2D eigenvalue weighted by molar-refractivity contribution is 5.96. The molecule has 1 aliphatic rings. The highest BCUT2D eigenvalue weighted by Gasteiger charge is 2.35. The van der Waals surface area contributed by atoms with Crippen LogP contribution in [0.1, 0.15) is 21.6 Å². The van der Waals surface area contributed by atoms with Crippen molar-refractivity contribution >= 4 is 11.9 Å². The van der Waals surface area contributed by atoms with Gasteiger partial charge in [-0.2, -0.15) is 0 Å². The minimum Gasteiger partial charge on any atom is -0.480 e. The maximum Gasteiger partial charge on any atom is 0.326 e. The zero-order valence-corrected chi connectivity index (χ0v) is 11.6. The maximum absolute atomic E-state index is 13.0. The van der Waals surface area contributed by atoms with Crippen LogP contribution in [0.5, 0.6) is 0 Å². The van der Waals surface area contributed by atoms with E-state index in [1.54, 1.807) is 12.3 Å². The Morgan fingerprint density at radius 1 is 1.23 bits per heavy atom. The Kier molecular flexibility index (Phi) is 3.58. The predicted molar refractivity (Wildman–Crippen MR) is 75.6 cm³/mol. The van der Waals surface area contributed by atoms with E-state index in [0.29, 0.717) is 5.69 Å². The van der Waals surface area contributed by atoms with Crippen molar-refractivity contribution in [3.8, 4) is 0 Å². The number of nitrogens with zero attached hydrogens (tertiary/aromatic N) is 2. The monoisotopic (exact) mass is 300 g/mol. The van der Waals surface area contributed by atoms with E-state index in [4.69, 9.17) is 0 Å². The van der Waals surface area contributed by atoms with Gasteiger partial charge in [0.05, 0.1) is 12.2 Å². The molecule has 1 aliphatic heterocycles. The fraction of sp³-hybridized carbons (Fsp3) is 0.188. The van der Waals surface area contributed by atoms with Gasteiger partial charge in [0.2, 0.25) is 0 Å². The van der Waals surface area contributed by atoms with Gasteiger partial charge in [-0.05, 0) is 35.9 Å². The molecule has 0 saturated carbocycles. The van der Waals surface area contributed by atoms with Crippen LogP contribution in [0.15, 0.2) is 42.6 Å². The molecule has 0 aliphatic carbocycles. The Morgan fingerprint density at radius 2 is 1.95 bits per heavy atom. The van der Waals surface area contributed by atoms with Gasteiger partial charge in [0.25, 0.3) is 5.91 Å². The van der Waals surface area contributed by atoms with Gasteiger partial charge in [0.15, 0.2) is 0 Å². The molecule has 1 unspecified atom stereocenters. The lowest BCUT2D eigenvalue weighted by Crippen LogP contribution is -2.48. The molecule has 22 heavy (non-hydrogen) atoms. The van der Waals surface area contributed by atoms with E-state index < -0.39 is 23.7 Å². The quantitative estimate of drug-likeness (QED) is 0.919. The first-order valence-electron chi connectivity index (χ1n) is 6.78. The number of amides is 1. The summed E-state index contributed by atoms with van der Waals surface area (Å²) in [6, 6.07) is 7.68. The number of hydrogen-bond donors (Lipinski definition) is 1. The summed E-state index contributed by atoms with van der Waals surface area (Å²) in [5.41, 5.74) is 1.78. The van der Waals surface area contributed by atoms with Crippen molar-refractivity contribution < 1.29 is 19.1 Å². The van der Waals surface area contributed by atoms with Crippen molar-refractivity contribution in [2.75, 3.05) is 0 Å². The summed E-state index contributed by atoms with van der Waals surface area (Å²) < 4.78 is 13.0. The Bertz CT molecular complexity index is 730. The normalized spacial score (nSPS) is 17.0. The number of carboxylic acids is 1. The zero-order chi connectivity index (χ0) is 15.7. The van der Waals surface area contributed by atoms with Crippen LogP contribution >= 0.6 is 0 Å². The largest absolute Gasteiger partial charge is 0.480 e. The van der Waals surface area contributed by atoms with Crippen LogP contribution in [0.4, 0.5) is 4.39 Å². The molecule has 1 aromatic carbocycles. The lowest BCUT2D eigenvalue weighted by Gasteiger charge is -2.33. The van der Waals surface area contributed by atoms with Gasteiger partial charge in [-0.1, -0.05) is 6.07 Å². The average molecular weight is 300 g/mol. The van der Waals surface area contributed by atoms with Crippen LogP contribution in [0.3, 0.4) is 0 Å². The summed E-state index contributed by atoms with van der Waals surface area (Å²) in [5, 5.41) is 9.40. The van der Waals surface area contributed by atoms with Crippen LogP contribution in [0.2, 0.25) is 0 Å². The standard InChI is InChI=1S/C16H13FN2O3/c17-12-5-3-10(4-6-12)15(20)19-9-13-11(2-1-7-18-13)8-14(19)16(21)22/h1-7,14H,8-9H2,(H,21,22). The second-order valence-electron chi connectivity index (χ2n) is 5.11. The van der Waals surface area contributed by atoms with Gasteiger partial charge in [-0.15, -0.1) is 0 Å². The van der Waals surface area contributed by atoms with Crippen molar-refractivity contribution in [1.82, 2.24) is 9.88 Å². The van der Waals surface area contributed by atoms with Gasteiger partial charge in [-0.3, -0.25) is 9.78 Å². The number of carboxylic acid groups (broad SMARTS) is 1. The first kappa shape index (κ1) is 14.2. The first-order chi connectivity index (χ1) is 10.6. The lowest BCUT2D eigenvalue weighted by molar-refractivity contribution is -0.142. The van der Waals surface area contributed by atoms with Crippen molar-refractivity contribution in [1.29, 1.82) is 0 Å². The molecule has 2 aromatic rings. The summed E-state index contributed by atoms with van der Waals surface area (Å²) in [5.74, 6) is -1.95. The summed E-state index contributed by atoms with van der Waals surface area (Å²) in [6.07, 6.45) is 1.83. The lowest BCUT2D eigenvalue weighted by atomic mass is 9.97. The number of benzene rings is 1. The van der Waals surface area contributed by atoms with Crippen molar-refractivity contribution in [2.24, 2.45) is 0 Å². The van der Waals surface area contributed by atoms with Crippen LogP contribution in [-0.4, -0.2) is 32.9 Å². The first-order valence-corrected chi connectivity index (χ1v) is 6.78. The van der Waals surface area contributed by atoms with Crippen LogP contribution in [0.25, 0.3) is 0 Å². The maximum atomic E-state index is 13.0. The van der Waals surface area contributed by atoms with E-state index >= 15 is 0 Å². The third-order valence-electron chi connectivity index (χ3n) is 3.73. The minimum atomic E-state index is -1.06. The van der Waals surface area contributed by atoms with Crippen LogP contribution < -0.4 is 0 Å². The van der Waals surface area contributed by atoms with E-state index in [-0.39, 0.29) is 18.5 Å². The summed E-state index contributed by atoms with van der Waals surface area (Å²) in [7, 11) is 0. The molecule has 6 heteroatoms. The number of pyridine rings is 1. The Morgan fingerprint density at radius 3 is 2.64 bits per heavy atom. The number of halogens is 1. The fourth-order valence-electron chi connectivity index (χ4n) is 2.58. The third kappa shape index (κ3) is 2.55. The van der Waals surface area contributed by atoms with Crippen LogP contribution in [-0.2, 0) is 17.8 Å². The zero-order valence-electron chi connectivity index (χ0n) is 11.6. The SMILES string of the molecule is O=C(O)C1Cc2cccnc2CN1C(=O)c1ccc(F)cc1. The molecule has 1 N–H and O–H groups in total. The van der Waals surface area contributed by atoms with Crippen LogP contribution in [0, 0.1) is 5.82 Å². The molecule has 5 nitrogen and oxygen atoms in total. The number of carbonyl (C=O) groups excluding carboxylic acids is 1. The molecule has 0 radical (unpaired) electrons. The van der Waals surface area contributed by atoms with E-state index in [1.807, 2.05) is 6.07 Å². The van der Waals surface area contributed by atoms with E-state index in [9.17, 15) is 19.1 Å². The molecule has 0 saturated heterocycles. The highest BCUT2D eigenvalue weighted by atomic mass is 19.1. The number of aliphatic carboxylic acids is 1. The molecule has 0 bridgehead atoms.